The highest BCUT2D eigenvalue weighted by molar-refractivity contribution is 6.34. The summed E-state index contributed by atoms with van der Waals surface area (Å²) in [5.41, 5.74) is 3.45. The highest BCUT2D eigenvalue weighted by atomic mass is 35.5. The number of halogens is 1. The van der Waals surface area contributed by atoms with Crippen molar-refractivity contribution in [2.45, 2.75) is 38.0 Å². The molecule has 0 amide bonds. The van der Waals surface area contributed by atoms with E-state index in [1.54, 1.807) is 0 Å². The first-order chi connectivity index (χ1) is 11.3. The van der Waals surface area contributed by atoms with Crippen LogP contribution in [0.1, 0.15) is 43.0 Å². The molecule has 0 bridgehead atoms. The normalized spacial score (nSPS) is 21.6. The molecule has 1 aliphatic carbocycles. The van der Waals surface area contributed by atoms with E-state index in [1.165, 1.54) is 31.2 Å². The van der Waals surface area contributed by atoms with Crippen molar-refractivity contribution < 1.29 is 0 Å². The van der Waals surface area contributed by atoms with E-state index in [0.717, 1.165) is 40.1 Å². The lowest BCUT2D eigenvalue weighted by atomic mass is 9.77. The maximum Gasteiger partial charge on any atom is 0.107 e. The molecule has 1 N–H and O–H groups in total. The number of imidazole rings is 1. The van der Waals surface area contributed by atoms with E-state index in [9.17, 15) is 0 Å². The monoisotopic (exact) mass is 324 g/mol. The summed E-state index contributed by atoms with van der Waals surface area (Å²) >= 11 is 6.22. The molecule has 1 fully saturated rings. The number of aromatic amines is 1. The lowest BCUT2D eigenvalue weighted by Gasteiger charge is -2.28. The predicted octanol–water partition coefficient (Wildman–Crippen LogP) is 5.73. The quantitative estimate of drug-likeness (QED) is 0.654. The van der Waals surface area contributed by atoms with Crippen LogP contribution in [0.4, 0.5) is 0 Å². The van der Waals surface area contributed by atoms with Crippen molar-refractivity contribution in [3.63, 3.8) is 0 Å². The molecule has 0 atom stereocenters. The number of hydrogen-bond acceptors (Lipinski definition) is 1. The molecule has 1 aliphatic rings. The number of nitrogens with zero attached hydrogens (tertiary/aromatic N) is 1. The van der Waals surface area contributed by atoms with E-state index in [-0.39, 0.29) is 0 Å². The molecular weight excluding hydrogens is 304 g/mol. The van der Waals surface area contributed by atoms with Gasteiger partial charge < -0.3 is 4.98 Å². The zero-order valence-electron chi connectivity index (χ0n) is 13.1. The summed E-state index contributed by atoms with van der Waals surface area (Å²) in [5, 5.41) is 0.734. The molecule has 1 saturated carbocycles. The third-order valence-electron chi connectivity index (χ3n) is 5.11. The van der Waals surface area contributed by atoms with Crippen LogP contribution in [0, 0.1) is 5.92 Å². The summed E-state index contributed by atoms with van der Waals surface area (Å²) in [6.07, 6.45) is 6.17. The van der Waals surface area contributed by atoms with Gasteiger partial charge in [0.15, 0.2) is 0 Å². The van der Waals surface area contributed by atoms with Crippen LogP contribution < -0.4 is 0 Å². The molecule has 23 heavy (non-hydrogen) atoms. The molecule has 4 rings (SSSR count). The Morgan fingerprint density at radius 3 is 2.48 bits per heavy atom. The highest BCUT2D eigenvalue weighted by Crippen LogP contribution is 2.37. The Balaban J connectivity index is 1.41. The molecule has 118 valence electrons. The molecule has 2 aromatic carbocycles. The van der Waals surface area contributed by atoms with E-state index in [2.05, 4.69) is 35.3 Å². The van der Waals surface area contributed by atoms with Crippen molar-refractivity contribution in [1.29, 1.82) is 0 Å². The second-order valence-electron chi connectivity index (χ2n) is 6.65. The average Bonchev–Trinajstić information content (AvgIpc) is 3.00. The molecular formula is C20H21ClN2. The van der Waals surface area contributed by atoms with Gasteiger partial charge in [0, 0.05) is 6.42 Å². The topological polar surface area (TPSA) is 28.7 Å². The molecule has 0 spiro atoms. The van der Waals surface area contributed by atoms with Crippen molar-refractivity contribution in [3.05, 3.63) is 64.9 Å². The Labute approximate surface area is 141 Å². The molecule has 0 saturated heterocycles. The first-order valence-electron chi connectivity index (χ1n) is 8.47. The zero-order chi connectivity index (χ0) is 15.6. The number of nitrogens with one attached hydrogen (secondary N) is 1. The summed E-state index contributed by atoms with van der Waals surface area (Å²) in [5.74, 6) is 2.54. The van der Waals surface area contributed by atoms with Crippen LogP contribution in [0.25, 0.3) is 11.0 Å². The largest absolute Gasteiger partial charge is 0.342 e. The third-order valence-corrected chi connectivity index (χ3v) is 5.42. The van der Waals surface area contributed by atoms with Gasteiger partial charge in [-0.05, 0) is 55.2 Å². The van der Waals surface area contributed by atoms with Crippen molar-refractivity contribution in [1.82, 2.24) is 9.97 Å². The minimum Gasteiger partial charge on any atom is -0.342 e. The maximum absolute atomic E-state index is 6.22. The van der Waals surface area contributed by atoms with Crippen molar-refractivity contribution in [3.8, 4) is 0 Å². The van der Waals surface area contributed by atoms with Crippen molar-refractivity contribution in [2.75, 3.05) is 0 Å². The molecule has 3 heteroatoms. The Morgan fingerprint density at radius 1 is 0.957 bits per heavy atom. The van der Waals surface area contributed by atoms with Gasteiger partial charge in [0.2, 0.25) is 0 Å². The molecule has 0 aliphatic heterocycles. The van der Waals surface area contributed by atoms with Gasteiger partial charge >= 0.3 is 0 Å². The van der Waals surface area contributed by atoms with E-state index in [4.69, 9.17) is 16.6 Å². The first-order valence-corrected chi connectivity index (χ1v) is 8.85. The average molecular weight is 325 g/mol. The maximum atomic E-state index is 6.22. The highest BCUT2D eigenvalue weighted by Gasteiger charge is 2.23. The number of benzene rings is 2. The number of hydrogen-bond donors (Lipinski definition) is 1. The van der Waals surface area contributed by atoms with Crippen LogP contribution in [0.15, 0.2) is 48.5 Å². The van der Waals surface area contributed by atoms with Crippen LogP contribution in [-0.2, 0) is 6.42 Å². The fraction of sp³-hybridized carbons (Fsp3) is 0.350. The lowest BCUT2D eigenvalue weighted by molar-refractivity contribution is 0.321. The van der Waals surface area contributed by atoms with Crippen LogP contribution in [0.3, 0.4) is 0 Å². The van der Waals surface area contributed by atoms with E-state index in [1.807, 2.05) is 18.2 Å². The van der Waals surface area contributed by atoms with Gasteiger partial charge in [-0.3, -0.25) is 0 Å². The van der Waals surface area contributed by atoms with Crippen LogP contribution in [0.5, 0.6) is 0 Å². The number of fused-ring (bicyclic) bond motifs is 1. The molecule has 0 unspecified atom stereocenters. The van der Waals surface area contributed by atoms with Crippen molar-refractivity contribution >= 4 is 22.6 Å². The van der Waals surface area contributed by atoms with E-state index < -0.39 is 0 Å². The molecule has 0 radical (unpaired) electrons. The minimum absolute atomic E-state index is 0.731. The fourth-order valence-electron chi connectivity index (χ4n) is 3.84. The molecule has 1 heterocycles. The van der Waals surface area contributed by atoms with E-state index in [0.29, 0.717) is 0 Å². The molecule has 1 aromatic heterocycles. The zero-order valence-corrected chi connectivity index (χ0v) is 13.9. The summed E-state index contributed by atoms with van der Waals surface area (Å²) in [4.78, 5) is 8.13. The number of aromatic nitrogens is 2. The predicted molar refractivity (Wildman–Crippen MR) is 95.9 cm³/mol. The second-order valence-corrected chi connectivity index (χ2v) is 7.06. The minimum atomic E-state index is 0.731. The fourth-order valence-corrected chi connectivity index (χ4v) is 4.06. The van der Waals surface area contributed by atoms with Gasteiger partial charge in [-0.2, -0.15) is 0 Å². The smallest absolute Gasteiger partial charge is 0.107 e. The van der Waals surface area contributed by atoms with Crippen molar-refractivity contribution in [2.24, 2.45) is 5.92 Å². The summed E-state index contributed by atoms with van der Waals surface area (Å²) in [7, 11) is 0. The first kappa shape index (κ1) is 14.8. The SMILES string of the molecule is Clc1cccc2[nH]c(CC3CCC(c4ccccc4)CC3)nc12. The number of H-pyrrole nitrogens is 1. The van der Waals surface area contributed by atoms with Gasteiger partial charge in [0.25, 0.3) is 0 Å². The number of para-hydroxylation sites is 1. The molecule has 2 nitrogen and oxygen atoms in total. The Kier molecular flexibility index (Phi) is 4.09. The third kappa shape index (κ3) is 3.13. The Morgan fingerprint density at radius 2 is 1.74 bits per heavy atom. The van der Waals surface area contributed by atoms with Gasteiger partial charge in [0.1, 0.15) is 11.3 Å². The van der Waals surface area contributed by atoms with Crippen LogP contribution in [0.2, 0.25) is 5.02 Å². The van der Waals surface area contributed by atoms with Gasteiger partial charge in [0.05, 0.1) is 10.5 Å². The van der Waals surface area contributed by atoms with Gasteiger partial charge in [-0.1, -0.05) is 48.0 Å². The van der Waals surface area contributed by atoms with Gasteiger partial charge in [-0.25, -0.2) is 4.98 Å². The Hall–Kier alpha value is -1.80. The summed E-state index contributed by atoms with van der Waals surface area (Å²) < 4.78 is 0. The van der Waals surface area contributed by atoms with Gasteiger partial charge in [-0.15, -0.1) is 0 Å². The Bertz CT molecular complexity index is 786. The van der Waals surface area contributed by atoms with E-state index >= 15 is 0 Å². The molecule has 3 aromatic rings. The summed E-state index contributed by atoms with van der Waals surface area (Å²) in [6, 6.07) is 16.9. The second kappa shape index (κ2) is 6.37. The van der Waals surface area contributed by atoms with Crippen LogP contribution in [-0.4, -0.2) is 9.97 Å². The summed E-state index contributed by atoms with van der Waals surface area (Å²) in [6.45, 7) is 0. The van der Waals surface area contributed by atoms with Crippen LogP contribution >= 0.6 is 11.6 Å². The number of rotatable bonds is 3. The standard InChI is InChI=1S/C20H21ClN2/c21-17-7-4-8-18-20(17)23-19(22-18)13-14-9-11-16(12-10-14)15-5-2-1-3-6-15/h1-8,14,16H,9-13H2,(H,22,23). The lowest BCUT2D eigenvalue weighted by Crippen LogP contribution is -2.15.